The molecule has 1 heterocycles. The molecule has 2 N–H and O–H groups in total. The van der Waals surface area contributed by atoms with Crippen LogP contribution >= 0.6 is 11.8 Å². The number of hydrogen-bond donors (Lipinski definition) is 2. The van der Waals surface area contributed by atoms with Gasteiger partial charge in [0.15, 0.2) is 6.04 Å². The van der Waals surface area contributed by atoms with Gasteiger partial charge in [-0.25, -0.2) is 9.80 Å². The topological polar surface area (TPSA) is 90.2 Å². The summed E-state index contributed by atoms with van der Waals surface area (Å²) in [5.74, 6) is -0.801. The predicted molar refractivity (Wildman–Crippen MR) is 42.4 cm³/mol. The van der Waals surface area contributed by atoms with Gasteiger partial charge in [0.1, 0.15) is 5.37 Å². The van der Waals surface area contributed by atoms with Gasteiger partial charge < -0.3 is 10.2 Å². The van der Waals surface area contributed by atoms with Crippen molar-refractivity contribution in [3.8, 4) is 0 Å². The van der Waals surface area contributed by atoms with E-state index in [1.165, 1.54) is 11.8 Å². The van der Waals surface area contributed by atoms with Crippen LogP contribution in [0.1, 0.15) is 0 Å². The molecule has 0 aromatic rings. The molecule has 0 aromatic heterocycles. The Hall–Kier alpha value is -0.820. The van der Waals surface area contributed by atoms with Crippen molar-refractivity contribution in [2.45, 2.75) is 11.4 Å². The normalized spacial score (nSPS) is 28.9. The molecule has 68 valence electrons. The number of aliphatic carboxylic acids is 1. The molecular formula is C5H8N2O4S. The zero-order valence-electron chi connectivity index (χ0n) is 6.08. The lowest BCUT2D eigenvalue weighted by atomic mass is 10.3. The van der Waals surface area contributed by atoms with Gasteiger partial charge in [-0.3, -0.25) is 0 Å². The third kappa shape index (κ3) is 1.51. The van der Waals surface area contributed by atoms with Crippen LogP contribution in [0.4, 0.5) is 0 Å². The smallest absolute Gasteiger partial charge is 0.329 e. The molecule has 1 aliphatic rings. The highest BCUT2D eigenvalue weighted by Gasteiger charge is 2.38. The molecule has 1 rings (SSSR count). The monoisotopic (exact) mass is 192 g/mol. The Morgan fingerprint density at radius 3 is 2.83 bits per heavy atom. The van der Waals surface area contributed by atoms with Crippen LogP contribution < -0.4 is 0 Å². The van der Waals surface area contributed by atoms with Crippen LogP contribution in [0.15, 0.2) is 5.29 Å². The molecule has 1 aliphatic heterocycles. The fourth-order valence-corrected chi connectivity index (χ4v) is 2.13. The summed E-state index contributed by atoms with van der Waals surface area (Å²) in [5, 5.41) is 20.2. The molecule has 0 spiro atoms. The molecule has 0 amide bonds. The van der Waals surface area contributed by atoms with Gasteiger partial charge in [0.25, 0.3) is 0 Å². The molecule has 0 aromatic carbocycles. The maximum Gasteiger partial charge on any atom is 0.329 e. The van der Waals surface area contributed by atoms with Gasteiger partial charge in [-0.15, -0.1) is 16.7 Å². The lowest BCUT2D eigenvalue weighted by Gasteiger charge is -2.17. The SMILES string of the molecule is O=NN1C(CO)SCC1C(=O)O. The molecule has 6 nitrogen and oxygen atoms in total. The van der Waals surface area contributed by atoms with Crippen molar-refractivity contribution in [3.05, 3.63) is 4.91 Å². The van der Waals surface area contributed by atoms with Gasteiger partial charge in [0.05, 0.1) is 11.9 Å². The van der Waals surface area contributed by atoms with Crippen molar-refractivity contribution < 1.29 is 15.0 Å². The largest absolute Gasteiger partial charge is 0.480 e. The van der Waals surface area contributed by atoms with Crippen LogP contribution in [0, 0.1) is 4.91 Å². The summed E-state index contributed by atoms with van der Waals surface area (Å²) >= 11 is 1.21. The third-order valence-electron chi connectivity index (χ3n) is 1.60. The van der Waals surface area contributed by atoms with Crippen LogP contribution in [0.3, 0.4) is 0 Å². The molecule has 1 saturated heterocycles. The first-order chi connectivity index (χ1) is 5.70. The van der Waals surface area contributed by atoms with Crippen molar-refractivity contribution in [1.82, 2.24) is 5.01 Å². The Morgan fingerprint density at radius 2 is 2.42 bits per heavy atom. The van der Waals surface area contributed by atoms with E-state index in [0.717, 1.165) is 5.01 Å². The number of nitroso groups, excluding NO2 is 1. The highest BCUT2D eigenvalue weighted by Crippen LogP contribution is 2.28. The van der Waals surface area contributed by atoms with Crippen LogP contribution in [-0.4, -0.2) is 45.0 Å². The average Bonchev–Trinajstić information content (AvgIpc) is 2.46. The summed E-state index contributed by atoms with van der Waals surface area (Å²) in [4.78, 5) is 20.7. The molecule has 0 bridgehead atoms. The van der Waals surface area contributed by atoms with Crippen molar-refractivity contribution in [2.75, 3.05) is 12.4 Å². The minimum absolute atomic E-state index is 0.264. The Morgan fingerprint density at radius 1 is 1.75 bits per heavy atom. The van der Waals surface area contributed by atoms with E-state index < -0.39 is 17.4 Å². The Balaban J connectivity index is 2.68. The number of thioether (sulfide) groups is 1. The van der Waals surface area contributed by atoms with Gasteiger partial charge in [-0.05, 0) is 0 Å². The van der Waals surface area contributed by atoms with E-state index in [4.69, 9.17) is 10.2 Å². The summed E-state index contributed by atoms with van der Waals surface area (Å²) in [6.07, 6.45) is 0. The fraction of sp³-hybridized carbons (Fsp3) is 0.800. The molecule has 0 aliphatic carbocycles. The number of aliphatic hydroxyl groups is 1. The quantitative estimate of drug-likeness (QED) is 0.585. The van der Waals surface area contributed by atoms with Crippen molar-refractivity contribution in [1.29, 1.82) is 0 Å². The van der Waals surface area contributed by atoms with E-state index in [9.17, 15) is 9.70 Å². The van der Waals surface area contributed by atoms with Crippen LogP contribution in [0.25, 0.3) is 0 Å². The minimum Gasteiger partial charge on any atom is -0.480 e. The zero-order valence-corrected chi connectivity index (χ0v) is 6.90. The number of aliphatic hydroxyl groups excluding tert-OH is 1. The lowest BCUT2D eigenvalue weighted by molar-refractivity contribution is -0.142. The predicted octanol–water partition coefficient (Wildman–Crippen LogP) is -0.512. The highest BCUT2D eigenvalue weighted by atomic mass is 32.2. The summed E-state index contributed by atoms with van der Waals surface area (Å²) < 4.78 is 0. The first kappa shape index (κ1) is 9.27. The molecule has 2 unspecified atom stereocenters. The number of carbonyl (C=O) groups is 1. The number of carboxylic acids is 1. The van der Waals surface area contributed by atoms with E-state index in [1.807, 2.05) is 0 Å². The van der Waals surface area contributed by atoms with E-state index in [2.05, 4.69) is 5.29 Å². The van der Waals surface area contributed by atoms with Crippen molar-refractivity contribution >= 4 is 17.7 Å². The van der Waals surface area contributed by atoms with Gasteiger partial charge >= 0.3 is 5.97 Å². The van der Waals surface area contributed by atoms with E-state index in [-0.39, 0.29) is 12.4 Å². The second-order valence-electron chi connectivity index (χ2n) is 2.29. The summed E-state index contributed by atoms with van der Waals surface area (Å²) in [5.41, 5.74) is 0. The van der Waals surface area contributed by atoms with Crippen molar-refractivity contribution in [3.63, 3.8) is 0 Å². The second kappa shape index (κ2) is 3.72. The molecule has 0 radical (unpaired) electrons. The molecule has 0 saturated carbocycles. The van der Waals surface area contributed by atoms with Crippen LogP contribution in [-0.2, 0) is 4.79 Å². The Kier molecular flexibility index (Phi) is 2.88. The number of hydrogen-bond acceptors (Lipinski definition) is 5. The van der Waals surface area contributed by atoms with Crippen molar-refractivity contribution in [2.24, 2.45) is 5.29 Å². The maximum atomic E-state index is 10.5. The zero-order chi connectivity index (χ0) is 9.14. The summed E-state index contributed by atoms with van der Waals surface area (Å²) in [6, 6.07) is -0.898. The number of rotatable bonds is 3. The molecular weight excluding hydrogens is 184 g/mol. The van der Waals surface area contributed by atoms with Crippen LogP contribution in [0.2, 0.25) is 0 Å². The first-order valence-corrected chi connectivity index (χ1v) is 4.32. The number of nitrogens with zero attached hydrogens (tertiary/aromatic N) is 2. The summed E-state index contributed by atoms with van der Waals surface area (Å²) in [7, 11) is 0. The molecule has 12 heavy (non-hydrogen) atoms. The molecule has 7 heteroatoms. The fourth-order valence-electron chi connectivity index (χ4n) is 0.986. The third-order valence-corrected chi connectivity index (χ3v) is 2.85. The summed E-state index contributed by atoms with van der Waals surface area (Å²) in [6.45, 7) is -0.264. The minimum atomic E-state index is -1.09. The Labute approximate surface area is 72.5 Å². The van der Waals surface area contributed by atoms with E-state index >= 15 is 0 Å². The number of carboxylic acid groups (broad SMARTS) is 1. The average molecular weight is 192 g/mol. The standard InChI is InChI=1S/C5H8N2O4S/c8-1-4-7(6-11)3(2-12-4)5(9)10/h3-4,8H,1-2H2,(H,9,10). The maximum absolute atomic E-state index is 10.5. The highest BCUT2D eigenvalue weighted by molar-refractivity contribution is 8.00. The first-order valence-electron chi connectivity index (χ1n) is 3.27. The van der Waals surface area contributed by atoms with E-state index in [0.29, 0.717) is 0 Å². The van der Waals surface area contributed by atoms with E-state index in [1.54, 1.807) is 0 Å². The van der Waals surface area contributed by atoms with Gasteiger partial charge in [0, 0.05) is 5.75 Å². The van der Waals surface area contributed by atoms with Gasteiger partial charge in [-0.2, -0.15) is 0 Å². The van der Waals surface area contributed by atoms with Crippen LogP contribution in [0.5, 0.6) is 0 Å². The second-order valence-corrected chi connectivity index (χ2v) is 3.50. The lowest BCUT2D eigenvalue weighted by Crippen LogP contribution is -2.38. The molecule has 2 atom stereocenters. The van der Waals surface area contributed by atoms with Gasteiger partial charge in [0.2, 0.25) is 0 Å². The van der Waals surface area contributed by atoms with Gasteiger partial charge in [-0.1, -0.05) is 0 Å². The Bertz CT molecular complexity index is 200. The molecule has 1 fully saturated rings.